The van der Waals surface area contributed by atoms with Crippen LogP contribution >= 0.6 is 11.6 Å². The van der Waals surface area contributed by atoms with Gasteiger partial charge in [-0.25, -0.2) is 22.7 Å². The van der Waals surface area contributed by atoms with Crippen LogP contribution in [0, 0.1) is 0 Å². The Morgan fingerprint density at radius 3 is 2.00 bits per heavy atom. The first-order chi connectivity index (χ1) is 15.2. The van der Waals surface area contributed by atoms with Gasteiger partial charge in [-0.05, 0) is 42.9 Å². The summed E-state index contributed by atoms with van der Waals surface area (Å²) in [7, 11) is -1.76. The van der Waals surface area contributed by atoms with Crippen molar-refractivity contribution in [3.8, 4) is 0 Å². The highest BCUT2D eigenvalue weighted by atomic mass is 35.5. The standard InChI is InChI=1S/C22H27ClN2O6S/c1-5-25(6-2)20(18-9-7-8-10-19(18)23)14-24-32(28,29)17-12-15(21(26)30-3)11-16(13-17)22(27)31-4/h7-13,20,24H,5-6,14H2,1-4H3/t20-/m0/s1. The van der Waals surface area contributed by atoms with E-state index in [0.29, 0.717) is 18.1 Å². The Morgan fingerprint density at radius 2 is 1.53 bits per heavy atom. The Balaban J connectivity index is 2.43. The molecule has 0 bridgehead atoms. The van der Waals surface area contributed by atoms with Gasteiger partial charge >= 0.3 is 11.9 Å². The third-order valence-corrected chi connectivity index (χ3v) is 6.79. The minimum Gasteiger partial charge on any atom is -0.465 e. The van der Waals surface area contributed by atoms with Crippen LogP contribution in [0.5, 0.6) is 0 Å². The average Bonchev–Trinajstić information content (AvgIpc) is 2.80. The van der Waals surface area contributed by atoms with Crippen LogP contribution in [0.25, 0.3) is 0 Å². The quantitative estimate of drug-likeness (QED) is 0.518. The minimum absolute atomic E-state index is 0.0315. The summed E-state index contributed by atoms with van der Waals surface area (Å²) >= 11 is 6.38. The van der Waals surface area contributed by atoms with Gasteiger partial charge in [0.2, 0.25) is 10.0 Å². The van der Waals surface area contributed by atoms with Crippen LogP contribution in [0.1, 0.15) is 46.2 Å². The maximum atomic E-state index is 13.1. The van der Waals surface area contributed by atoms with Gasteiger partial charge in [0.25, 0.3) is 0 Å². The number of benzene rings is 2. The molecule has 10 heteroatoms. The lowest BCUT2D eigenvalue weighted by Crippen LogP contribution is -2.38. The number of carbonyl (C=O) groups is 2. The van der Waals surface area contributed by atoms with Crippen molar-refractivity contribution in [2.45, 2.75) is 24.8 Å². The van der Waals surface area contributed by atoms with Crippen molar-refractivity contribution in [3.05, 3.63) is 64.2 Å². The summed E-state index contributed by atoms with van der Waals surface area (Å²) in [5, 5.41) is 0.532. The summed E-state index contributed by atoms with van der Waals surface area (Å²) in [6, 6.07) is 10.5. The van der Waals surface area contributed by atoms with Crippen LogP contribution < -0.4 is 4.72 Å². The molecule has 1 N–H and O–H groups in total. The number of likely N-dealkylation sites (N-methyl/N-ethyl adjacent to an activating group) is 1. The number of nitrogens with one attached hydrogen (secondary N) is 1. The van der Waals surface area contributed by atoms with Gasteiger partial charge < -0.3 is 9.47 Å². The molecule has 0 spiro atoms. The Bertz CT molecular complexity index is 1040. The Labute approximate surface area is 193 Å². The minimum atomic E-state index is -4.09. The molecule has 0 fully saturated rings. The second-order valence-corrected chi connectivity index (χ2v) is 9.01. The van der Waals surface area contributed by atoms with E-state index in [1.54, 1.807) is 6.07 Å². The van der Waals surface area contributed by atoms with Crippen molar-refractivity contribution in [1.29, 1.82) is 0 Å². The van der Waals surface area contributed by atoms with Gasteiger partial charge in [0.15, 0.2) is 0 Å². The predicted molar refractivity (Wildman–Crippen MR) is 121 cm³/mol. The van der Waals surface area contributed by atoms with E-state index < -0.39 is 22.0 Å². The van der Waals surface area contributed by atoms with Crippen LogP contribution in [0.3, 0.4) is 0 Å². The summed E-state index contributed by atoms with van der Waals surface area (Å²) in [4.78, 5) is 25.8. The summed E-state index contributed by atoms with van der Waals surface area (Å²) in [5.41, 5.74) is 0.628. The van der Waals surface area contributed by atoms with Crippen LogP contribution in [0.4, 0.5) is 0 Å². The number of carbonyl (C=O) groups excluding carboxylic acids is 2. The molecule has 2 aromatic rings. The summed E-state index contributed by atoms with van der Waals surface area (Å²) < 4.78 is 38.2. The zero-order chi connectivity index (χ0) is 23.9. The van der Waals surface area contributed by atoms with Crippen molar-refractivity contribution in [3.63, 3.8) is 0 Å². The van der Waals surface area contributed by atoms with Gasteiger partial charge in [0.1, 0.15) is 0 Å². The summed E-state index contributed by atoms with van der Waals surface area (Å²) in [6.45, 7) is 5.34. The second kappa shape index (κ2) is 11.4. The van der Waals surface area contributed by atoms with Gasteiger partial charge in [-0.3, -0.25) is 4.90 Å². The molecule has 0 aromatic heterocycles. The maximum absolute atomic E-state index is 13.1. The molecule has 2 aromatic carbocycles. The zero-order valence-electron chi connectivity index (χ0n) is 18.4. The van der Waals surface area contributed by atoms with E-state index in [2.05, 4.69) is 19.1 Å². The number of halogens is 1. The number of hydrogen-bond acceptors (Lipinski definition) is 7. The van der Waals surface area contributed by atoms with E-state index in [1.807, 2.05) is 32.0 Å². The van der Waals surface area contributed by atoms with Gasteiger partial charge in [0, 0.05) is 17.6 Å². The lowest BCUT2D eigenvalue weighted by Gasteiger charge is -2.30. The third-order valence-electron chi connectivity index (χ3n) is 5.04. The summed E-state index contributed by atoms with van der Waals surface area (Å²) in [6.07, 6.45) is 0. The molecule has 1 atom stereocenters. The molecule has 0 radical (unpaired) electrons. The first kappa shape index (κ1) is 25.8. The molecule has 0 aliphatic heterocycles. The van der Waals surface area contributed by atoms with Crippen LogP contribution in [-0.2, 0) is 19.5 Å². The van der Waals surface area contributed by atoms with Crippen LogP contribution in [0.2, 0.25) is 5.02 Å². The van der Waals surface area contributed by atoms with Gasteiger partial charge in [-0.1, -0.05) is 43.6 Å². The third kappa shape index (κ3) is 6.07. The van der Waals surface area contributed by atoms with Crippen molar-refractivity contribution >= 4 is 33.6 Å². The zero-order valence-corrected chi connectivity index (χ0v) is 20.0. The van der Waals surface area contributed by atoms with E-state index >= 15 is 0 Å². The maximum Gasteiger partial charge on any atom is 0.337 e. The van der Waals surface area contributed by atoms with Gasteiger partial charge in [0.05, 0.1) is 30.2 Å². The first-order valence-corrected chi connectivity index (χ1v) is 11.8. The van der Waals surface area contributed by atoms with Crippen LogP contribution in [0.15, 0.2) is 47.4 Å². The molecule has 0 saturated carbocycles. The molecule has 0 heterocycles. The molecule has 0 aliphatic rings. The fourth-order valence-corrected chi connectivity index (χ4v) is 4.71. The number of sulfonamides is 1. The van der Waals surface area contributed by atoms with Crippen molar-refractivity contribution in [2.24, 2.45) is 0 Å². The molecule has 174 valence electrons. The van der Waals surface area contributed by atoms with E-state index in [1.165, 1.54) is 6.07 Å². The molecular formula is C22H27ClN2O6S. The lowest BCUT2D eigenvalue weighted by molar-refractivity contribution is 0.0598. The van der Waals surface area contributed by atoms with E-state index in [-0.39, 0.29) is 28.6 Å². The monoisotopic (exact) mass is 482 g/mol. The molecule has 0 aliphatic carbocycles. The highest BCUT2D eigenvalue weighted by Crippen LogP contribution is 2.27. The van der Waals surface area contributed by atoms with E-state index in [4.69, 9.17) is 11.6 Å². The molecule has 0 saturated heterocycles. The highest BCUT2D eigenvalue weighted by molar-refractivity contribution is 7.89. The Kier molecular flexibility index (Phi) is 9.21. The number of methoxy groups -OCH3 is 2. The largest absolute Gasteiger partial charge is 0.465 e. The first-order valence-electron chi connectivity index (χ1n) is 9.98. The van der Waals surface area contributed by atoms with Gasteiger partial charge in [-0.15, -0.1) is 0 Å². The predicted octanol–water partition coefficient (Wildman–Crippen LogP) is 3.27. The number of nitrogens with zero attached hydrogens (tertiary/aromatic N) is 1. The van der Waals surface area contributed by atoms with Crippen molar-refractivity contribution in [2.75, 3.05) is 33.9 Å². The normalized spacial score (nSPS) is 12.4. The van der Waals surface area contributed by atoms with Crippen molar-refractivity contribution in [1.82, 2.24) is 9.62 Å². The van der Waals surface area contributed by atoms with Crippen molar-refractivity contribution < 1.29 is 27.5 Å². The number of hydrogen-bond donors (Lipinski definition) is 1. The second-order valence-electron chi connectivity index (χ2n) is 6.84. The average molecular weight is 483 g/mol. The number of ether oxygens (including phenoxy) is 2. The summed E-state index contributed by atoms with van der Waals surface area (Å²) in [5.74, 6) is -1.55. The number of esters is 2. The van der Waals surface area contributed by atoms with E-state index in [9.17, 15) is 18.0 Å². The SMILES string of the molecule is CCN(CC)[C@@H](CNS(=O)(=O)c1cc(C(=O)OC)cc(C(=O)OC)c1)c1ccccc1Cl. The molecular weight excluding hydrogens is 456 g/mol. The highest BCUT2D eigenvalue weighted by Gasteiger charge is 2.25. The lowest BCUT2D eigenvalue weighted by atomic mass is 10.1. The van der Waals surface area contributed by atoms with Gasteiger partial charge in [-0.2, -0.15) is 0 Å². The molecule has 32 heavy (non-hydrogen) atoms. The fourth-order valence-electron chi connectivity index (χ4n) is 3.34. The molecule has 8 nitrogen and oxygen atoms in total. The Hall–Kier alpha value is -2.46. The molecule has 0 unspecified atom stereocenters. The Morgan fingerprint density at radius 1 is 1.00 bits per heavy atom. The van der Waals surface area contributed by atoms with Crippen LogP contribution in [-0.4, -0.2) is 59.1 Å². The van der Waals surface area contributed by atoms with E-state index in [0.717, 1.165) is 31.9 Å². The molecule has 0 amide bonds. The smallest absolute Gasteiger partial charge is 0.337 e. The molecule has 2 rings (SSSR count). The fraction of sp³-hybridized carbons (Fsp3) is 0.364. The topological polar surface area (TPSA) is 102 Å². The number of rotatable bonds is 10.